The maximum Gasteiger partial charge on any atom is 0.168 e. The largest absolute Gasteiger partial charge is 0.383 e. The van der Waals surface area contributed by atoms with Crippen LogP contribution >= 0.6 is 0 Å². The highest BCUT2D eigenvalue weighted by atomic mass is 16.7. The van der Waals surface area contributed by atoms with E-state index in [1.54, 1.807) is 7.11 Å². The summed E-state index contributed by atoms with van der Waals surface area (Å²) in [6, 6.07) is 0. The van der Waals surface area contributed by atoms with Gasteiger partial charge in [-0.2, -0.15) is 0 Å². The molecule has 0 aromatic carbocycles. The number of nitrogens with zero attached hydrogens (tertiary/aromatic N) is 1. The molecular formula is C23H45NO3. The molecule has 4 nitrogen and oxygen atoms in total. The average Bonchev–Trinajstić information content (AvgIpc) is 3.02. The van der Waals surface area contributed by atoms with E-state index in [2.05, 4.69) is 32.6 Å². The molecule has 0 amide bonds. The van der Waals surface area contributed by atoms with Crippen LogP contribution < -0.4 is 0 Å². The zero-order valence-corrected chi connectivity index (χ0v) is 18.7. The van der Waals surface area contributed by atoms with Gasteiger partial charge in [-0.05, 0) is 62.9 Å². The summed E-state index contributed by atoms with van der Waals surface area (Å²) in [5.41, 5.74) is 0.458. The van der Waals surface area contributed by atoms with E-state index in [-0.39, 0.29) is 11.9 Å². The molecule has 1 aliphatic heterocycles. The minimum Gasteiger partial charge on any atom is -0.383 e. The maximum atomic E-state index is 6.47. The summed E-state index contributed by atoms with van der Waals surface area (Å²) in [5.74, 6) is 0.556. The van der Waals surface area contributed by atoms with Crippen LogP contribution in [0.25, 0.3) is 0 Å². The number of hydrogen-bond donors (Lipinski definition) is 0. The van der Waals surface area contributed by atoms with Crippen molar-refractivity contribution in [1.29, 1.82) is 0 Å². The first-order valence-corrected chi connectivity index (χ1v) is 11.5. The number of hydrogen-bond acceptors (Lipinski definition) is 4. The molecule has 0 N–H and O–H groups in total. The normalized spacial score (nSPS) is 29.1. The van der Waals surface area contributed by atoms with E-state index < -0.39 is 0 Å². The minimum atomic E-state index is -0.261. The maximum absolute atomic E-state index is 6.47. The van der Waals surface area contributed by atoms with Crippen molar-refractivity contribution in [2.45, 2.75) is 97.4 Å². The van der Waals surface area contributed by atoms with Gasteiger partial charge in [-0.3, -0.25) is 0 Å². The van der Waals surface area contributed by atoms with Crippen molar-refractivity contribution in [2.24, 2.45) is 11.3 Å². The molecule has 0 aromatic rings. The molecule has 27 heavy (non-hydrogen) atoms. The van der Waals surface area contributed by atoms with Crippen LogP contribution in [-0.2, 0) is 14.2 Å². The molecule has 1 aliphatic carbocycles. The Balaban J connectivity index is 1.70. The van der Waals surface area contributed by atoms with Gasteiger partial charge in [-0.1, -0.05) is 34.1 Å². The van der Waals surface area contributed by atoms with E-state index in [0.717, 1.165) is 58.0 Å². The zero-order chi connectivity index (χ0) is 19.8. The lowest BCUT2D eigenvalue weighted by atomic mass is 9.68. The summed E-state index contributed by atoms with van der Waals surface area (Å²) in [6.45, 7) is 14.4. The Labute approximate surface area is 168 Å². The summed E-state index contributed by atoms with van der Waals surface area (Å²) in [7, 11) is 1.78. The molecule has 1 saturated heterocycles. The average molecular weight is 384 g/mol. The number of rotatable bonds is 12. The first-order valence-electron chi connectivity index (χ1n) is 11.5. The van der Waals surface area contributed by atoms with E-state index in [1.807, 2.05) is 0 Å². The molecule has 160 valence electrons. The van der Waals surface area contributed by atoms with Gasteiger partial charge in [-0.25, -0.2) is 0 Å². The summed E-state index contributed by atoms with van der Waals surface area (Å²) < 4.78 is 17.9. The Hall–Kier alpha value is -0.160. The first kappa shape index (κ1) is 23.1. The Kier molecular flexibility index (Phi) is 9.54. The van der Waals surface area contributed by atoms with Crippen molar-refractivity contribution in [1.82, 2.24) is 4.90 Å². The summed E-state index contributed by atoms with van der Waals surface area (Å²) in [4.78, 5) is 2.51. The summed E-state index contributed by atoms with van der Waals surface area (Å²) in [6.07, 6.45) is 11.0. The molecule has 1 unspecified atom stereocenters. The van der Waals surface area contributed by atoms with Gasteiger partial charge in [0, 0.05) is 26.5 Å². The highest BCUT2D eigenvalue weighted by Gasteiger charge is 2.46. The molecule has 2 fully saturated rings. The second kappa shape index (κ2) is 11.1. The third kappa shape index (κ3) is 6.99. The SMILES string of the molecule is CCCN(CCCC1COC2(CCC(C(C)(C)CCC)CC2)O1)CCOC. The Morgan fingerprint density at radius 3 is 2.44 bits per heavy atom. The Morgan fingerprint density at radius 1 is 1.07 bits per heavy atom. The van der Waals surface area contributed by atoms with Gasteiger partial charge in [0.25, 0.3) is 0 Å². The summed E-state index contributed by atoms with van der Waals surface area (Å²) in [5, 5.41) is 0. The second-order valence-corrected chi connectivity index (χ2v) is 9.45. The standard InChI is InChI=1S/C23H45NO3/c1-6-12-22(3,4)20-10-13-23(14-11-20)26-19-21(27-23)9-8-16-24(15-7-2)17-18-25-5/h20-21H,6-19H2,1-5H3. The molecule has 0 bridgehead atoms. The highest BCUT2D eigenvalue weighted by molar-refractivity contribution is 4.90. The van der Waals surface area contributed by atoms with E-state index in [4.69, 9.17) is 14.2 Å². The van der Waals surface area contributed by atoms with Gasteiger partial charge in [0.2, 0.25) is 0 Å². The van der Waals surface area contributed by atoms with Crippen molar-refractivity contribution in [2.75, 3.05) is 40.0 Å². The van der Waals surface area contributed by atoms with Crippen molar-refractivity contribution >= 4 is 0 Å². The lowest BCUT2D eigenvalue weighted by Gasteiger charge is -2.42. The highest BCUT2D eigenvalue weighted by Crippen LogP contribution is 2.47. The van der Waals surface area contributed by atoms with E-state index in [9.17, 15) is 0 Å². The fraction of sp³-hybridized carbons (Fsp3) is 1.00. The second-order valence-electron chi connectivity index (χ2n) is 9.45. The molecule has 0 radical (unpaired) electrons. The molecular weight excluding hydrogens is 338 g/mol. The van der Waals surface area contributed by atoms with Crippen LogP contribution in [0.3, 0.4) is 0 Å². The monoisotopic (exact) mass is 383 g/mol. The Bertz CT molecular complexity index is 404. The molecule has 2 aliphatic rings. The number of ether oxygens (including phenoxy) is 3. The fourth-order valence-corrected chi connectivity index (χ4v) is 5.12. The van der Waals surface area contributed by atoms with Crippen LogP contribution in [0.15, 0.2) is 0 Å². The quantitative estimate of drug-likeness (QED) is 0.460. The molecule has 0 aromatic heterocycles. The lowest BCUT2D eigenvalue weighted by molar-refractivity contribution is -0.197. The molecule has 1 heterocycles. The van der Waals surface area contributed by atoms with Crippen molar-refractivity contribution in [3.63, 3.8) is 0 Å². The zero-order valence-electron chi connectivity index (χ0n) is 18.7. The lowest BCUT2D eigenvalue weighted by Crippen LogP contribution is -2.39. The number of methoxy groups -OCH3 is 1. The van der Waals surface area contributed by atoms with Crippen molar-refractivity contribution in [3.8, 4) is 0 Å². The fourth-order valence-electron chi connectivity index (χ4n) is 5.12. The van der Waals surface area contributed by atoms with Gasteiger partial charge >= 0.3 is 0 Å². The summed E-state index contributed by atoms with van der Waals surface area (Å²) >= 11 is 0. The molecule has 1 atom stereocenters. The van der Waals surface area contributed by atoms with Gasteiger partial charge < -0.3 is 19.1 Å². The predicted octanol–water partition coefficient (Wildman–Crippen LogP) is 5.25. The first-order chi connectivity index (χ1) is 12.9. The molecule has 1 saturated carbocycles. The van der Waals surface area contributed by atoms with Crippen LogP contribution in [0.4, 0.5) is 0 Å². The third-order valence-electron chi connectivity index (χ3n) is 6.81. The van der Waals surface area contributed by atoms with Gasteiger partial charge in [-0.15, -0.1) is 0 Å². The topological polar surface area (TPSA) is 30.9 Å². The van der Waals surface area contributed by atoms with Crippen LogP contribution in [0, 0.1) is 11.3 Å². The van der Waals surface area contributed by atoms with Crippen molar-refractivity contribution in [3.05, 3.63) is 0 Å². The van der Waals surface area contributed by atoms with Crippen molar-refractivity contribution < 1.29 is 14.2 Å². The van der Waals surface area contributed by atoms with Crippen LogP contribution in [0.2, 0.25) is 0 Å². The molecule has 1 spiro atoms. The van der Waals surface area contributed by atoms with Crippen LogP contribution in [0.1, 0.15) is 85.5 Å². The molecule has 2 rings (SSSR count). The predicted molar refractivity (Wildman–Crippen MR) is 112 cm³/mol. The molecule has 4 heteroatoms. The Morgan fingerprint density at radius 2 is 1.81 bits per heavy atom. The van der Waals surface area contributed by atoms with Gasteiger partial charge in [0.05, 0.1) is 19.3 Å². The van der Waals surface area contributed by atoms with E-state index in [1.165, 1.54) is 38.5 Å². The third-order valence-corrected chi connectivity index (χ3v) is 6.81. The van der Waals surface area contributed by atoms with E-state index in [0.29, 0.717) is 5.41 Å². The van der Waals surface area contributed by atoms with Crippen LogP contribution in [-0.4, -0.2) is 56.7 Å². The van der Waals surface area contributed by atoms with Gasteiger partial charge in [0.1, 0.15) is 0 Å². The van der Waals surface area contributed by atoms with Crippen LogP contribution in [0.5, 0.6) is 0 Å². The minimum absolute atomic E-state index is 0.261. The van der Waals surface area contributed by atoms with E-state index >= 15 is 0 Å². The smallest absolute Gasteiger partial charge is 0.168 e. The van der Waals surface area contributed by atoms with Gasteiger partial charge in [0.15, 0.2) is 5.79 Å².